The van der Waals surface area contributed by atoms with E-state index >= 15 is 0 Å². The van der Waals surface area contributed by atoms with Gasteiger partial charge in [0.05, 0.1) is 5.69 Å². The summed E-state index contributed by atoms with van der Waals surface area (Å²) < 4.78 is 16.8. The highest BCUT2D eigenvalue weighted by molar-refractivity contribution is 6.14. The third-order valence-corrected chi connectivity index (χ3v) is 4.45. The molecule has 2 rings (SSSR count). The lowest BCUT2D eigenvalue weighted by Crippen LogP contribution is -2.28. The number of halogens is 1. The van der Waals surface area contributed by atoms with Gasteiger partial charge in [0, 0.05) is 6.04 Å². The molecule has 3 nitrogen and oxygen atoms in total. The highest BCUT2D eigenvalue weighted by atomic mass is 19.1. The Bertz CT molecular complexity index is 440. The van der Waals surface area contributed by atoms with Gasteiger partial charge < -0.3 is 0 Å². The average molecular weight is 265 g/mol. The molecule has 1 aromatic heterocycles. The summed E-state index contributed by atoms with van der Waals surface area (Å²) >= 11 is 0. The third-order valence-electron chi connectivity index (χ3n) is 4.45. The molecule has 0 aromatic carbocycles. The van der Waals surface area contributed by atoms with Crippen LogP contribution in [0.3, 0.4) is 0 Å². The molecule has 0 aliphatic heterocycles. The van der Waals surface area contributed by atoms with E-state index in [9.17, 15) is 4.39 Å². The topological polar surface area (TPSA) is 30.7 Å². The number of hydrogen-bond donors (Lipinski definition) is 0. The summed E-state index contributed by atoms with van der Waals surface area (Å²) in [6.07, 6.45) is 3.50. The molecule has 106 valence electrons. The lowest BCUT2D eigenvalue weighted by molar-refractivity contribution is 0.204. The average Bonchev–Trinajstić information content (AvgIpc) is 2.70. The molecule has 0 saturated carbocycles. The molecule has 0 bridgehead atoms. The first-order valence-electron chi connectivity index (χ1n) is 7.46. The molecule has 0 N–H and O–H groups in total. The Labute approximate surface area is 116 Å². The quantitative estimate of drug-likeness (QED) is 0.769. The summed E-state index contributed by atoms with van der Waals surface area (Å²) in [7, 11) is 1.66. The predicted octanol–water partition coefficient (Wildman–Crippen LogP) is 2.61. The number of alkyl halides is 1. The van der Waals surface area contributed by atoms with Crippen LogP contribution in [0.5, 0.6) is 0 Å². The lowest BCUT2D eigenvalue weighted by atomic mass is 9.71. The van der Waals surface area contributed by atoms with Crippen LogP contribution in [0.1, 0.15) is 64.4 Å². The third kappa shape index (κ3) is 2.85. The molecule has 0 spiro atoms. The Morgan fingerprint density at radius 1 is 1.32 bits per heavy atom. The minimum atomic E-state index is -1.34. The first kappa shape index (κ1) is 14.5. The van der Waals surface area contributed by atoms with E-state index in [4.69, 9.17) is 0 Å². The van der Waals surface area contributed by atoms with Gasteiger partial charge in [-0.2, -0.15) is 0 Å². The summed E-state index contributed by atoms with van der Waals surface area (Å²) in [6.45, 7) is 8.62. The van der Waals surface area contributed by atoms with Crippen LogP contribution in [-0.2, 0) is 12.0 Å². The monoisotopic (exact) mass is 265 g/mol. The minimum Gasteiger partial charge on any atom is -0.247 e. The van der Waals surface area contributed by atoms with E-state index in [1.165, 1.54) is 0 Å². The first-order chi connectivity index (χ1) is 8.83. The second-order valence-corrected chi connectivity index (χ2v) is 6.70. The fraction of sp³-hybridized carbons (Fsp3) is 0.857. The molecule has 0 fully saturated rings. The lowest BCUT2D eigenvalue weighted by Gasteiger charge is -2.29. The largest absolute Gasteiger partial charge is 0.247 e. The second kappa shape index (κ2) is 5.26. The summed E-state index contributed by atoms with van der Waals surface area (Å²) in [4.78, 5) is 0. The molecular weight excluding hydrogens is 240 g/mol. The van der Waals surface area contributed by atoms with E-state index in [0.29, 0.717) is 24.0 Å². The molecular formula is C14H25BFN3. The number of hydrogen-bond acceptors (Lipinski definition) is 2. The van der Waals surface area contributed by atoms with Crippen molar-refractivity contribution in [2.24, 2.45) is 11.8 Å². The maximum Gasteiger partial charge on any atom is 0.158 e. The van der Waals surface area contributed by atoms with Crippen molar-refractivity contribution in [3.8, 4) is 0 Å². The molecule has 1 aliphatic rings. The predicted molar refractivity (Wildman–Crippen MR) is 77.6 cm³/mol. The maximum atomic E-state index is 14.9. The van der Waals surface area contributed by atoms with E-state index < -0.39 is 5.57 Å². The summed E-state index contributed by atoms with van der Waals surface area (Å²) in [6, 6.07) is 0.240. The fourth-order valence-electron chi connectivity index (χ4n) is 3.07. The van der Waals surface area contributed by atoms with Gasteiger partial charge in [-0.05, 0) is 51.4 Å². The molecule has 0 saturated heterocycles. The van der Waals surface area contributed by atoms with E-state index in [1.807, 2.05) is 4.68 Å². The van der Waals surface area contributed by atoms with Crippen molar-refractivity contribution in [3.63, 3.8) is 0 Å². The van der Waals surface area contributed by atoms with Gasteiger partial charge in [0.25, 0.3) is 0 Å². The number of aromatic nitrogens is 3. The first-order valence-corrected chi connectivity index (χ1v) is 7.46. The van der Waals surface area contributed by atoms with Crippen LogP contribution < -0.4 is 0 Å². The SMILES string of the molecule is BC1(F)CCC(C(C)C)CCc2c1nnn2C(C)C. The summed E-state index contributed by atoms with van der Waals surface area (Å²) in [5.74, 6) is 1.21. The normalized spacial score (nSPS) is 28.3. The van der Waals surface area contributed by atoms with Crippen LogP contribution in [0.2, 0.25) is 0 Å². The van der Waals surface area contributed by atoms with Gasteiger partial charge in [0.15, 0.2) is 7.85 Å². The zero-order chi connectivity index (χ0) is 14.2. The molecule has 1 aromatic rings. The maximum absolute atomic E-state index is 14.9. The van der Waals surface area contributed by atoms with Crippen LogP contribution in [0.25, 0.3) is 0 Å². The van der Waals surface area contributed by atoms with E-state index in [1.54, 1.807) is 7.85 Å². The molecule has 2 atom stereocenters. The van der Waals surface area contributed by atoms with Crippen molar-refractivity contribution >= 4 is 7.85 Å². The number of fused-ring (bicyclic) bond motifs is 1. The molecule has 1 heterocycles. The highest BCUT2D eigenvalue weighted by Crippen LogP contribution is 2.37. The zero-order valence-corrected chi connectivity index (χ0v) is 12.8. The standard InChI is InChI=1S/C14H25BFN3/c1-9(2)11-5-6-12-13(14(15,16)8-7-11)17-18-19(12)10(3)4/h9-11H,5-8,15H2,1-4H3. The van der Waals surface area contributed by atoms with Gasteiger partial charge in [-0.15, -0.1) is 5.10 Å². The Balaban J connectivity index is 2.37. The Morgan fingerprint density at radius 3 is 2.58 bits per heavy atom. The molecule has 5 heteroatoms. The van der Waals surface area contributed by atoms with E-state index in [0.717, 1.165) is 25.0 Å². The second-order valence-electron chi connectivity index (χ2n) is 6.70. The van der Waals surface area contributed by atoms with Crippen LogP contribution in [0, 0.1) is 11.8 Å². The van der Waals surface area contributed by atoms with Crippen molar-refractivity contribution in [2.75, 3.05) is 0 Å². The highest BCUT2D eigenvalue weighted by Gasteiger charge is 2.36. The van der Waals surface area contributed by atoms with Crippen LogP contribution in [0.4, 0.5) is 4.39 Å². The molecule has 2 unspecified atom stereocenters. The number of rotatable bonds is 2. The summed E-state index contributed by atoms with van der Waals surface area (Å²) in [5.41, 5.74) is 0.240. The van der Waals surface area contributed by atoms with Crippen molar-refractivity contribution < 1.29 is 4.39 Å². The smallest absolute Gasteiger partial charge is 0.158 e. The summed E-state index contributed by atoms with van der Waals surface area (Å²) in [5, 5.41) is 8.31. The molecule has 0 radical (unpaired) electrons. The van der Waals surface area contributed by atoms with Crippen molar-refractivity contribution in [2.45, 2.75) is 65.0 Å². The van der Waals surface area contributed by atoms with Crippen LogP contribution in [-0.4, -0.2) is 22.8 Å². The van der Waals surface area contributed by atoms with Crippen molar-refractivity contribution in [3.05, 3.63) is 11.4 Å². The van der Waals surface area contributed by atoms with Crippen LogP contribution in [0.15, 0.2) is 0 Å². The zero-order valence-electron chi connectivity index (χ0n) is 12.8. The Morgan fingerprint density at radius 2 is 2.00 bits per heavy atom. The molecule has 19 heavy (non-hydrogen) atoms. The van der Waals surface area contributed by atoms with Gasteiger partial charge in [-0.1, -0.05) is 19.1 Å². The van der Waals surface area contributed by atoms with Gasteiger partial charge in [-0.25, -0.2) is 9.07 Å². The fourth-order valence-corrected chi connectivity index (χ4v) is 3.07. The Hall–Kier alpha value is -0.865. The van der Waals surface area contributed by atoms with Crippen LogP contribution >= 0.6 is 0 Å². The number of nitrogens with zero attached hydrogens (tertiary/aromatic N) is 3. The van der Waals surface area contributed by atoms with Crippen molar-refractivity contribution in [1.82, 2.24) is 15.0 Å². The van der Waals surface area contributed by atoms with Crippen molar-refractivity contribution in [1.29, 1.82) is 0 Å². The van der Waals surface area contributed by atoms with E-state index in [-0.39, 0.29) is 6.04 Å². The molecule has 0 amide bonds. The van der Waals surface area contributed by atoms with Gasteiger partial charge in [0.2, 0.25) is 0 Å². The van der Waals surface area contributed by atoms with Gasteiger partial charge >= 0.3 is 0 Å². The Kier molecular flexibility index (Phi) is 4.02. The minimum absolute atomic E-state index is 0.240. The van der Waals surface area contributed by atoms with Gasteiger partial charge in [0.1, 0.15) is 11.3 Å². The van der Waals surface area contributed by atoms with Gasteiger partial charge in [-0.3, -0.25) is 0 Å². The van der Waals surface area contributed by atoms with E-state index in [2.05, 4.69) is 38.0 Å². The molecule has 1 aliphatic carbocycles.